The third-order valence-electron chi connectivity index (χ3n) is 2.96. The van der Waals surface area contributed by atoms with E-state index in [0.29, 0.717) is 18.5 Å². The highest BCUT2D eigenvalue weighted by atomic mass is 32.2. The fourth-order valence-electron chi connectivity index (χ4n) is 1.78. The summed E-state index contributed by atoms with van der Waals surface area (Å²) in [6.07, 6.45) is 0.685. The second-order valence-electron chi connectivity index (χ2n) is 4.96. The van der Waals surface area contributed by atoms with Crippen LogP contribution in [0.3, 0.4) is 0 Å². The van der Waals surface area contributed by atoms with E-state index < -0.39 is 15.8 Å². The summed E-state index contributed by atoms with van der Waals surface area (Å²) in [5, 5.41) is 0. The molecule has 20 heavy (non-hydrogen) atoms. The predicted octanol–water partition coefficient (Wildman–Crippen LogP) is 0.823. The second kappa shape index (κ2) is 7.12. The van der Waals surface area contributed by atoms with Crippen LogP contribution in [0.2, 0.25) is 0 Å². The summed E-state index contributed by atoms with van der Waals surface area (Å²) in [4.78, 5) is 1.93. The van der Waals surface area contributed by atoms with Gasteiger partial charge in [-0.3, -0.25) is 0 Å². The molecule has 0 aliphatic heterocycles. The van der Waals surface area contributed by atoms with Crippen molar-refractivity contribution in [1.29, 1.82) is 0 Å². The number of nitrogens with two attached hydrogens (primary N) is 1. The van der Waals surface area contributed by atoms with Crippen molar-refractivity contribution in [2.45, 2.75) is 24.8 Å². The first-order valence-electron chi connectivity index (χ1n) is 6.41. The van der Waals surface area contributed by atoms with Gasteiger partial charge in [-0.1, -0.05) is 0 Å². The standard InChI is InChI=1S/C13H22FN3O2S/c1-10-12(14)7-11(9-15)8-13(10)20(18,19)16-5-4-6-17(2)3/h7-8,16H,4-6,9,15H2,1-3H3. The highest BCUT2D eigenvalue weighted by Crippen LogP contribution is 2.20. The fourth-order valence-corrected chi connectivity index (χ4v) is 3.16. The number of nitrogens with zero attached hydrogens (tertiary/aromatic N) is 1. The van der Waals surface area contributed by atoms with Crippen molar-refractivity contribution in [3.05, 3.63) is 29.1 Å². The van der Waals surface area contributed by atoms with Gasteiger partial charge in [-0.15, -0.1) is 0 Å². The Labute approximate surface area is 120 Å². The van der Waals surface area contributed by atoms with Crippen LogP contribution in [0.15, 0.2) is 17.0 Å². The molecule has 0 spiro atoms. The SMILES string of the molecule is Cc1c(F)cc(CN)cc1S(=O)(=O)NCCCN(C)C. The average molecular weight is 303 g/mol. The molecule has 0 atom stereocenters. The monoisotopic (exact) mass is 303 g/mol. The van der Waals surface area contributed by atoms with E-state index in [9.17, 15) is 12.8 Å². The zero-order chi connectivity index (χ0) is 15.3. The van der Waals surface area contributed by atoms with Gasteiger partial charge in [0, 0.05) is 18.7 Å². The van der Waals surface area contributed by atoms with Gasteiger partial charge in [-0.25, -0.2) is 17.5 Å². The Hall–Kier alpha value is -1.02. The number of hydrogen-bond donors (Lipinski definition) is 2. The highest BCUT2D eigenvalue weighted by molar-refractivity contribution is 7.89. The van der Waals surface area contributed by atoms with Crippen LogP contribution >= 0.6 is 0 Å². The van der Waals surface area contributed by atoms with E-state index in [1.54, 1.807) is 0 Å². The van der Waals surface area contributed by atoms with E-state index in [-0.39, 0.29) is 17.0 Å². The minimum atomic E-state index is -3.71. The van der Waals surface area contributed by atoms with Crippen LogP contribution in [0, 0.1) is 12.7 Å². The smallest absolute Gasteiger partial charge is 0.240 e. The van der Waals surface area contributed by atoms with Gasteiger partial charge in [-0.2, -0.15) is 0 Å². The molecular weight excluding hydrogens is 281 g/mol. The highest BCUT2D eigenvalue weighted by Gasteiger charge is 2.19. The molecule has 0 bridgehead atoms. The summed E-state index contributed by atoms with van der Waals surface area (Å²) < 4.78 is 40.6. The molecule has 5 nitrogen and oxygen atoms in total. The molecule has 0 aromatic heterocycles. The van der Waals surface area contributed by atoms with Crippen molar-refractivity contribution >= 4 is 10.0 Å². The third kappa shape index (κ3) is 4.52. The lowest BCUT2D eigenvalue weighted by atomic mass is 10.1. The number of nitrogens with one attached hydrogen (secondary N) is 1. The van der Waals surface area contributed by atoms with Gasteiger partial charge < -0.3 is 10.6 Å². The van der Waals surface area contributed by atoms with Crippen molar-refractivity contribution in [1.82, 2.24) is 9.62 Å². The minimum absolute atomic E-state index is 0.0391. The molecule has 1 aromatic rings. The maximum absolute atomic E-state index is 13.7. The summed E-state index contributed by atoms with van der Waals surface area (Å²) in [5.41, 5.74) is 6.02. The van der Waals surface area contributed by atoms with Gasteiger partial charge in [-0.05, 0) is 51.7 Å². The molecule has 0 amide bonds. The van der Waals surface area contributed by atoms with E-state index in [4.69, 9.17) is 5.73 Å². The first-order valence-corrected chi connectivity index (χ1v) is 7.89. The average Bonchev–Trinajstić information content (AvgIpc) is 2.37. The number of benzene rings is 1. The van der Waals surface area contributed by atoms with Crippen LogP contribution in [0.4, 0.5) is 4.39 Å². The van der Waals surface area contributed by atoms with Gasteiger partial charge >= 0.3 is 0 Å². The Bertz CT molecular complexity index is 559. The molecule has 0 heterocycles. The van der Waals surface area contributed by atoms with Crippen LogP contribution in [-0.2, 0) is 16.6 Å². The van der Waals surface area contributed by atoms with Gasteiger partial charge in [0.05, 0.1) is 4.90 Å². The molecule has 0 radical (unpaired) electrons. The Morgan fingerprint density at radius 1 is 1.35 bits per heavy atom. The van der Waals surface area contributed by atoms with E-state index in [0.717, 1.165) is 6.54 Å². The van der Waals surface area contributed by atoms with Crippen molar-refractivity contribution < 1.29 is 12.8 Å². The molecule has 7 heteroatoms. The van der Waals surface area contributed by atoms with Crippen molar-refractivity contribution in [2.75, 3.05) is 27.2 Å². The lowest BCUT2D eigenvalue weighted by Crippen LogP contribution is -2.28. The number of hydrogen-bond acceptors (Lipinski definition) is 4. The number of sulfonamides is 1. The van der Waals surface area contributed by atoms with Gasteiger partial charge in [0.1, 0.15) is 5.82 Å². The van der Waals surface area contributed by atoms with Crippen LogP contribution in [0.1, 0.15) is 17.5 Å². The quantitative estimate of drug-likeness (QED) is 0.731. The summed E-state index contributed by atoms with van der Waals surface area (Å²) in [7, 11) is 0.123. The van der Waals surface area contributed by atoms with Crippen LogP contribution in [0.5, 0.6) is 0 Å². The zero-order valence-electron chi connectivity index (χ0n) is 12.1. The van der Waals surface area contributed by atoms with Gasteiger partial charge in [0.2, 0.25) is 10.0 Å². The van der Waals surface area contributed by atoms with Gasteiger partial charge in [0.15, 0.2) is 0 Å². The van der Waals surface area contributed by atoms with E-state index in [1.807, 2.05) is 19.0 Å². The second-order valence-corrected chi connectivity index (χ2v) is 6.69. The maximum Gasteiger partial charge on any atom is 0.240 e. The summed E-state index contributed by atoms with van der Waals surface area (Å²) in [5.74, 6) is -0.554. The third-order valence-corrected chi connectivity index (χ3v) is 4.54. The Morgan fingerprint density at radius 3 is 2.55 bits per heavy atom. The normalized spacial score (nSPS) is 12.1. The summed E-state index contributed by atoms with van der Waals surface area (Å²) in [6, 6.07) is 2.69. The van der Waals surface area contributed by atoms with Crippen LogP contribution in [-0.4, -0.2) is 40.5 Å². The molecule has 0 fully saturated rings. The number of rotatable bonds is 7. The molecule has 0 saturated carbocycles. The molecule has 1 rings (SSSR count). The zero-order valence-corrected chi connectivity index (χ0v) is 12.9. The predicted molar refractivity (Wildman–Crippen MR) is 77.4 cm³/mol. The van der Waals surface area contributed by atoms with E-state index in [1.165, 1.54) is 19.1 Å². The first-order chi connectivity index (χ1) is 9.27. The summed E-state index contributed by atoms with van der Waals surface area (Å²) >= 11 is 0. The molecule has 0 aliphatic carbocycles. The molecule has 0 aliphatic rings. The fraction of sp³-hybridized carbons (Fsp3) is 0.538. The lowest BCUT2D eigenvalue weighted by Gasteiger charge is -2.13. The lowest BCUT2D eigenvalue weighted by molar-refractivity contribution is 0.400. The van der Waals surface area contributed by atoms with Crippen LogP contribution in [0.25, 0.3) is 0 Å². The molecule has 0 saturated heterocycles. The maximum atomic E-state index is 13.7. The topological polar surface area (TPSA) is 75.4 Å². The van der Waals surface area contributed by atoms with Crippen molar-refractivity contribution in [2.24, 2.45) is 5.73 Å². The Morgan fingerprint density at radius 2 is 2.00 bits per heavy atom. The minimum Gasteiger partial charge on any atom is -0.326 e. The Kier molecular flexibility index (Phi) is 6.07. The number of halogens is 1. The van der Waals surface area contributed by atoms with E-state index in [2.05, 4.69) is 4.72 Å². The Balaban J connectivity index is 2.89. The molecule has 114 valence electrons. The van der Waals surface area contributed by atoms with Crippen LogP contribution < -0.4 is 10.5 Å². The van der Waals surface area contributed by atoms with Crippen molar-refractivity contribution in [3.63, 3.8) is 0 Å². The largest absolute Gasteiger partial charge is 0.326 e. The molecular formula is C13H22FN3O2S. The molecule has 1 aromatic carbocycles. The van der Waals surface area contributed by atoms with Gasteiger partial charge in [0.25, 0.3) is 0 Å². The first kappa shape index (κ1) is 17.0. The molecule has 0 unspecified atom stereocenters. The van der Waals surface area contributed by atoms with Crippen molar-refractivity contribution in [3.8, 4) is 0 Å². The molecule has 3 N–H and O–H groups in total. The summed E-state index contributed by atoms with van der Waals surface area (Å²) in [6.45, 7) is 2.64. The van der Waals surface area contributed by atoms with E-state index >= 15 is 0 Å².